The lowest BCUT2D eigenvalue weighted by atomic mass is 10.0. The predicted molar refractivity (Wildman–Crippen MR) is 54.9 cm³/mol. The third kappa shape index (κ3) is 5.95. The fourth-order valence-electron chi connectivity index (χ4n) is 1.07. The Kier molecular flexibility index (Phi) is 7.75. The lowest BCUT2D eigenvalue weighted by molar-refractivity contribution is -0.144. The van der Waals surface area contributed by atoms with Crippen molar-refractivity contribution in [2.24, 2.45) is 0 Å². The van der Waals surface area contributed by atoms with Gasteiger partial charge in [0, 0.05) is 25.7 Å². The molecule has 0 atom stereocenters. The molecule has 0 fully saturated rings. The number of hydrogen-bond acceptors (Lipinski definition) is 5. The normalized spacial score (nSPS) is 9.50. The minimum Gasteiger partial charge on any atom is -0.303 e. The molecule has 0 aromatic carbocycles. The van der Waals surface area contributed by atoms with E-state index in [-0.39, 0.29) is 38.5 Å². The number of Topliss-reactive ketones (excluding diaryl/α,β-unsaturated/α-hetero) is 3. The highest BCUT2D eigenvalue weighted by Gasteiger charge is 2.20. The Morgan fingerprint density at radius 1 is 0.750 bits per heavy atom. The van der Waals surface area contributed by atoms with Gasteiger partial charge in [-0.25, -0.2) is 0 Å². The van der Waals surface area contributed by atoms with Gasteiger partial charge >= 0.3 is 0 Å². The number of carbonyl (C=O) groups is 5. The molecule has 0 amide bonds. The van der Waals surface area contributed by atoms with Crippen molar-refractivity contribution in [2.75, 3.05) is 0 Å². The summed E-state index contributed by atoms with van der Waals surface area (Å²) in [6, 6.07) is 0. The van der Waals surface area contributed by atoms with Crippen LogP contribution >= 0.6 is 0 Å². The van der Waals surface area contributed by atoms with Gasteiger partial charge in [-0.2, -0.15) is 0 Å². The van der Waals surface area contributed by atoms with Crippen molar-refractivity contribution < 1.29 is 24.0 Å². The van der Waals surface area contributed by atoms with Crippen LogP contribution in [0.4, 0.5) is 0 Å². The van der Waals surface area contributed by atoms with Gasteiger partial charge in [-0.3, -0.25) is 14.4 Å². The summed E-state index contributed by atoms with van der Waals surface area (Å²) >= 11 is 0. The van der Waals surface area contributed by atoms with Crippen molar-refractivity contribution in [1.29, 1.82) is 0 Å². The Morgan fingerprint density at radius 3 is 1.44 bits per heavy atom. The maximum absolute atomic E-state index is 11.2. The van der Waals surface area contributed by atoms with Crippen LogP contribution in [0.5, 0.6) is 0 Å². The largest absolute Gasteiger partial charge is 0.303 e. The van der Waals surface area contributed by atoms with Crippen LogP contribution in [-0.2, 0) is 24.0 Å². The maximum atomic E-state index is 11.2. The number of aldehydes is 2. The summed E-state index contributed by atoms with van der Waals surface area (Å²) in [5.74, 6) is -2.52. The fraction of sp³-hybridized carbons (Fsp3) is 0.545. The standard InChI is InChI=1S/C11H14O5/c12-7-3-1-5-9(14)11(16)10(15)6-2-4-8-13/h7-8H,1-6H2. The van der Waals surface area contributed by atoms with Gasteiger partial charge in [0.25, 0.3) is 5.78 Å². The Hall–Kier alpha value is -1.65. The molecule has 0 aromatic heterocycles. The average Bonchev–Trinajstić information content (AvgIpc) is 2.28. The van der Waals surface area contributed by atoms with E-state index in [1.165, 1.54) is 0 Å². The van der Waals surface area contributed by atoms with Crippen molar-refractivity contribution >= 4 is 29.9 Å². The second-order valence-corrected chi connectivity index (χ2v) is 3.29. The van der Waals surface area contributed by atoms with Crippen LogP contribution in [0.3, 0.4) is 0 Å². The number of ketones is 3. The first-order valence-electron chi connectivity index (χ1n) is 5.11. The molecule has 0 unspecified atom stereocenters. The molecule has 0 spiro atoms. The van der Waals surface area contributed by atoms with Gasteiger partial charge in [0.2, 0.25) is 11.6 Å². The van der Waals surface area contributed by atoms with E-state index in [4.69, 9.17) is 0 Å². The van der Waals surface area contributed by atoms with Gasteiger partial charge in [0.15, 0.2) is 0 Å². The molecule has 0 heterocycles. The topological polar surface area (TPSA) is 85.3 Å². The maximum Gasteiger partial charge on any atom is 0.264 e. The molecule has 0 aliphatic carbocycles. The van der Waals surface area contributed by atoms with Gasteiger partial charge in [-0.15, -0.1) is 0 Å². The molecular formula is C11H14O5. The van der Waals surface area contributed by atoms with E-state index < -0.39 is 17.3 Å². The molecule has 5 nitrogen and oxygen atoms in total. The summed E-state index contributed by atoms with van der Waals surface area (Å²) in [6.07, 6.45) is 2.16. The number of rotatable bonds is 10. The van der Waals surface area contributed by atoms with E-state index in [1.807, 2.05) is 0 Å². The van der Waals surface area contributed by atoms with Crippen molar-refractivity contribution in [3.63, 3.8) is 0 Å². The zero-order valence-corrected chi connectivity index (χ0v) is 8.94. The minimum absolute atomic E-state index is 0.0724. The monoisotopic (exact) mass is 226 g/mol. The highest BCUT2D eigenvalue weighted by Crippen LogP contribution is 2.00. The van der Waals surface area contributed by atoms with E-state index in [9.17, 15) is 24.0 Å². The highest BCUT2D eigenvalue weighted by atomic mass is 16.2. The van der Waals surface area contributed by atoms with Crippen LogP contribution in [0.1, 0.15) is 38.5 Å². The van der Waals surface area contributed by atoms with E-state index >= 15 is 0 Å². The summed E-state index contributed by atoms with van der Waals surface area (Å²) in [6.45, 7) is 0. The highest BCUT2D eigenvalue weighted by molar-refractivity contribution is 6.63. The van der Waals surface area contributed by atoms with Crippen LogP contribution in [0, 0.1) is 0 Å². The van der Waals surface area contributed by atoms with Crippen LogP contribution in [-0.4, -0.2) is 29.9 Å². The Labute approximate surface area is 93.2 Å². The van der Waals surface area contributed by atoms with Gasteiger partial charge in [0.1, 0.15) is 12.6 Å². The fourth-order valence-corrected chi connectivity index (χ4v) is 1.07. The molecule has 0 aliphatic rings. The molecule has 5 heteroatoms. The molecule has 0 saturated heterocycles. The quantitative estimate of drug-likeness (QED) is 0.233. The van der Waals surface area contributed by atoms with E-state index in [0.29, 0.717) is 12.6 Å². The van der Waals surface area contributed by atoms with Crippen molar-refractivity contribution in [3.8, 4) is 0 Å². The zero-order chi connectivity index (χ0) is 12.4. The first-order valence-corrected chi connectivity index (χ1v) is 5.11. The number of unbranched alkanes of at least 4 members (excludes halogenated alkanes) is 2. The lowest BCUT2D eigenvalue weighted by Gasteiger charge is -1.97. The summed E-state index contributed by atoms with van der Waals surface area (Å²) in [5.41, 5.74) is 0. The molecule has 88 valence electrons. The summed E-state index contributed by atoms with van der Waals surface area (Å²) in [7, 11) is 0. The zero-order valence-electron chi connectivity index (χ0n) is 8.94. The molecule has 0 radical (unpaired) electrons. The van der Waals surface area contributed by atoms with Crippen molar-refractivity contribution in [2.45, 2.75) is 38.5 Å². The second-order valence-electron chi connectivity index (χ2n) is 3.29. The predicted octanol–water partition coefficient (Wildman–Crippen LogP) is 0.432. The average molecular weight is 226 g/mol. The molecule has 0 saturated carbocycles. The van der Waals surface area contributed by atoms with E-state index in [0.717, 1.165) is 0 Å². The molecule has 0 aromatic rings. The number of carbonyl (C=O) groups excluding carboxylic acids is 5. The van der Waals surface area contributed by atoms with Gasteiger partial charge in [-0.1, -0.05) is 0 Å². The second kappa shape index (κ2) is 8.64. The van der Waals surface area contributed by atoms with Gasteiger partial charge < -0.3 is 9.59 Å². The van der Waals surface area contributed by atoms with E-state index in [1.54, 1.807) is 0 Å². The summed E-state index contributed by atoms with van der Waals surface area (Å²) in [4.78, 5) is 53.4. The van der Waals surface area contributed by atoms with Crippen molar-refractivity contribution in [1.82, 2.24) is 0 Å². The summed E-state index contributed by atoms with van der Waals surface area (Å²) in [5, 5.41) is 0. The smallest absolute Gasteiger partial charge is 0.264 e. The Bertz CT molecular complexity index is 265. The van der Waals surface area contributed by atoms with Crippen LogP contribution in [0.15, 0.2) is 0 Å². The molecular weight excluding hydrogens is 212 g/mol. The summed E-state index contributed by atoms with van der Waals surface area (Å²) < 4.78 is 0. The SMILES string of the molecule is O=CCCCC(=O)C(=O)C(=O)CCCC=O. The molecule has 0 rings (SSSR count). The minimum atomic E-state index is -1.02. The van der Waals surface area contributed by atoms with Crippen LogP contribution < -0.4 is 0 Å². The molecule has 0 bridgehead atoms. The van der Waals surface area contributed by atoms with Crippen molar-refractivity contribution in [3.05, 3.63) is 0 Å². The third-order valence-corrected chi connectivity index (χ3v) is 1.96. The Balaban J connectivity index is 3.92. The van der Waals surface area contributed by atoms with Crippen LogP contribution in [0.2, 0.25) is 0 Å². The number of hydrogen-bond donors (Lipinski definition) is 0. The van der Waals surface area contributed by atoms with Crippen LogP contribution in [0.25, 0.3) is 0 Å². The lowest BCUT2D eigenvalue weighted by Crippen LogP contribution is -2.23. The molecule has 16 heavy (non-hydrogen) atoms. The van der Waals surface area contributed by atoms with Gasteiger partial charge in [0.05, 0.1) is 0 Å². The van der Waals surface area contributed by atoms with E-state index in [2.05, 4.69) is 0 Å². The first-order chi connectivity index (χ1) is 7.63. The Morgan fingerprint density at radius 2 is 1.12 bits per heavy atom. The third-order valence-electron chi connectivity index (χ3n) is 1.96. The molecule has 0 N–H and O–H groups in total. The molecule has 0 aliphatic heterocycles. The first kappa shape index (κ1) is 14.3. The van der Waals surface area contributed by atoms with Gasteiger partial charge in [-0.05, 0) is 12.8 Å².